The molecule has 7 heteroatoms. The second-order valence-electron chi connectivity index (χ2n) is 8.04. The number of halogens is 2. The smallest absolute Gasteiger partial charge is 0.191 e. The van der Waals surface area contributed by atoms with E-state index < -0.39 is 0 Å². The minimum Gasteiger partial charge on any atom is -0.356 e. The van der Waals surface area contributed by atoms with Crippen LogP contribution in [0.5, 0.6) is 0 Å². The zero-order valence-corrected chi connectivity index (χ0v) is 21.1. The van der Waals surface area contributed by atoms with Crippen molar-refractivity contribution in [3.05, 3.63) is 34.3 Å². The summed E-state index contributed by atoms with van der Waals surface area (Å²) in [4.78, 5) is 9.43. The van der Waals surface area contributed by atoms with Crippen LogP contribution in [-0.2, 0) is 6.54 Å². The largest absolute Gasteiger partial charge is 0.356 e. The van der Waals surface area contributed by atoms with E-state index in [1.165, 1.54) is 44.3 Å². The standard InChI is InChI=1S/C21H34BrN5.HI/c1-23-21(24-14-18-4-3-11-26(2)15-18)25-20-9-12-27(13-10-20)16-17-5-7-19(22)8-6-17;/h5-8,18,20H,3-4,9-16H2,1-2H3,(H2,23,24,25);1H. The van der Waals surface area contributed by atoms with E-state index in [4.69, 9.17) is 0 Å². The van der Waals surface area contributed by atoms with Gasteiger partial charge in [-0.25, -0.2) is 0 Å². The maximum atomic E-state index is 4.44. The third-order valence-corrected chi connectivity index (χ3v) is 6.28. The maximum absolute atomic E-state index is 4.44. The van der Waals surface area contributed by atoms with Gasteiger partial charge in [0.25, 0.3) is 0 Å². The van der Waals surface area contributed by atoms with E-state index >= 15 is 0 Å². The number of hydrogen-bond donors (Lipinski definition) is 2. The third kappa shape index (κ3) is 7.80. The molecule has 0 amide bonds. The highest BCUT2D eigenvalue weighted by molar-refractivity contribution is 14.0. The molecule has 2 aliphatic rings. The quantitative estimate of drug-likeness (QED) is 0.327. The Kier molecular flexibility index (Phi) is 10.5. The van der Waals surface area contributed by atoms with Gasteiger partial charge < -0.3 is 15.5 Å². The molecule has 0 aliphatic carbocycles. The van der Waals surface area contributed by atoms with Crippen LogP contribution in [0.15, 0.2) is 33.7 Å². The molecule has 0 radical (unpaired) electrons. The Morgan fingerprint density at radius 3 is 2.50 bits per heavy atom. The molecule has 0 aromatic heterocycles. The molecule has 158 valence electrons. The SMILES string of the molecule is CN=C(NCC1CCCN(C)C1)NC1CCN(Cc2ccc(Br)cc2)CC1.I. The van der Waals surface area contributed by atoms with Crippen LogP contribution >= 0.6 is 39.9 Å². The average Bonchev–Trinajstić information content (AvgIpc) is 2.68. The number of nitrogens with zero attached hydrogens (tertiary/aromatic N) is 3. The Bertz CT molecular complexity index is 601. The zero-order valence-electron chi connectivity index (χ0n) is 17.2. The monoisotopic (exact) mass is 563 g/mol. The number of rotatable bonds is 5. The fraction of sp³-hybridized carbons (Fsp3) is 0.667. The van der Waals surface area contributed by atoms with Crippen LogP contribution in [-0.4, -0.2) is 68.6 Å². The van der Waals surface area contributed by atoms with Crippen molar-refractivity contribution in [3.8, 4) is 0 Å². The molecule has 0 spiro atoms. The summed E-state index contributed by atoms with van der Waals surface area (Å²) in [5, 5.41) is 7.20. The molecular weight excluding hydrogens is 529 g/mol. The average molecular weight is 564 g/mol. The Morgan fingerprint density at radius 1 is 1.14 bits per heavy atom. The summed E-state index contributed by atoms with van der Waals surface area (Å²) >= 11 is 3.51. The summed E-state index contributed by atoms with van der Waals surface area (Å²) in [6, 6.07) is 9.20. The number of piperidine rings is 2. The van der Waals surface area contributed by atoms with E-state index in [1.807, 2.05) is 7.05 Å². The van der Waals surface area contributed by atoms with Crippen molar-refractivity contribution in [1.82, 2.24) is 20.4 Å². The van der Waals surface area contributed by atoms with Crippen molar-refractivity contribution in [3.63, 3.8) is 0 Å². The highest BCUT2D eigenvalue weighted by Gasteiger charge is 2.21. The summed E-state index contributed by atoms with van der Waals surface area (Å²) in [5.41, 5.74) is 1.39. The number of nitrogens with one attached hydrogen (secondary N) is 2. The molecule has 0 saturated carbocycles. The number of likely N-dealkylation sites (tertiary alicyclic amines) is 2. The molecule has 2 fully saturated rings. The molecule has 1 unspecified atom stereocenters. The van der Waals surface area contributed by atoms with Crippen LogP contribution in [0, 0.1) is 5.92 Å². The van der Waals surface area contributed by atoms with Gasteiger partial charge in [0.05, 0.1) is 0 Å². The molecule has 5 nitrogen and oxygen atoms in total. The highest BCUT2D eigenvalue weighted by Crippen LogP contribution is 2.17. The Labute approximate surface area is 195 Å². The molecule has 1 aromatic carbocycles. The fourth-order valence-corrected chi connectivity index (χ4v) is 4.42. The summed E-state index contributed by atoms with van der Waals surface area (Å²) in [6.07, 6.45) is 4.97. The van der Waals surface area contributed by atoms with E-state index in [0.29, 0.717) is 6.04 Å². The van der Waals surface area contributed by atoms with Gasteiger partial charge in [0.15, 0.2) is 5.96 Å². The van der Waals surface area contributed by atoms with Gasteiger partial charge in [0, 0.05) is 50.3 Å². The molecule has 3 rings (SSSR count). The summed E-state index contributed by atoms with van der Waals surface area (Å²) in [7, 11) is 4.10. The molecule has 0 bridgehead atoms. The normalized spacial score (nSPS) is 22.5. The predicted octanol–water partition coefficient (Wildman–Crippen LogP) is 3.54. The van der Waals surface area contributed by atoms with Crippen LogP contribution in [0.1, 0.15) is 31.2 Å². The first-order valence-corrected chi connectivity index (χ1v) is 11.0. The van der Waals surface area contributed by atoms with Crippen LogP contribution in [0.4, 0.5) is 0 Å². The molecule has 28 heavy (non-hydrogen) atoms. The number of hydrogen-bond acceptors (Lipinski definition) is 3. The van der Waals surface area contributed by atoms with Crippen LogP contribution in [0.3, 0.4) is 0 Å². The number of guanidine groups is 1. The molecule has 2 saturated heterocycles. The Morgan fingerprint density at radius 2 is 1.86 bits per heavy atom. The molecule has 1 aromatic rings. The van der Waals surface area contributed by atoms with Crippen molar-refractivity contribution in [2.45, 2.75) is 38.3 Å². The zero-order chi connectivity index (χ0) is 19.1. The minimum absolute atomic E-state index is 0. The van der Waals surface area contributed by atoms with E-state index in [1.54, 1.807) is 0 Å². The Balaban J connectivity index is 0.00000280. The lowest BCUT2D eigenvalue weighted by atomic mass is 9.98. The first-order chi connectivity index (χ1) is 13.1. The number of benzene rings is 1. The van der Waals surface area contributed by atoms with E-state index in [2.05, 4.69) is 72.7 Å². The van der Waals surface area contributed by atoms with Crippen molar-refractivity contribution in [1.29, 1.82) is 0 Å². The van der Waals surface area contributed by atoms with Crippen LogP contribution in [0.2, 0.25) is 0 Å². The fourth-order valence-electron chi connectivity index (χ4n) is 4.15. The van der Waals surface area contributed by atoms with Gasteiger partial charge in [-0.2, -0.15) is 0 Å². The van der Waals surface area contributed by atoms with E-state index in [-0.39, 0.29) is 24.0 Å². The van der Waals surface area contributed by atoms with Gasteiger partial charge in [-0.05, 0) is 62.9 Å². The van der Waals surface area contributed by atoms with Gasteiger partial charge in [-0.1, -0.05) is 28.1 Å². The van der Waals surface area contributed by atoms with Crippen molar-refractivity contribution < 1.29 is 0 Å². The molecule has 1 atom stereocenters. The van der Waals surface area contributed by atoms with Gasteiger partial charge in [0.2, 0.25) is 0 Å². The van der Waals surface area contributed by atoms with Gasteiger partial charge >= 0.3 is 0 Å². The number of aliphatic imine (C=N–C) groups is 1. The van der Waals surface area contributed by atoms with Crippen molar-refractivity contribution in [2.75, 3.05) is 46.8 Å². The minimum atomic E-state index is 0. The topological polar surface area (TPSA) is 42.9 Å². The molecule has 2 N–H and O–H groups in total. The second kappa shape index (κ2) is 12.3. The van der Waals surface area contributed by atoms with Gasteiger partial charge in [0.1, 0.15) is 0 Å². The van der Waals surface area contributed by atoms with Gasteiger partial charge in [-0.3, -0.25) is 9.89 Å². The molecular formula is C21H35BrIN5. The maximum Gasteiger partial charge on any atom is 0.191 e. The lowest BCUT2D eigenvalue weighted by molar-refractivity contribution is 0.197. The first-order valence-electron chi connectivity index (χ1n) is 10.2. The predicted molar refractivity (Wildman–Crippen MR) is 133 cm³/mol. The molecule has 2 aliphatic heterocycles. The van der Waals surface area contributed by atoms with Crippen molar-refractivity contribution >= 4 is 45.9 Å². The second-order valence-corrected chi connectivity index (χ2v) is 8.96. The Hall–Kier alpha value is -0.380. The lowest BCUT2D eigenvalue weighted by Gasteiger charge is -2.34. The third-order valence-electron chi connectivity index (χ3n) is 5.75. The van der Waals surface area contributed by atoms with Crippen molar-refractivity contribution in [2.24, 2.45) is 10.9 Å². The summed E-state index contributed by atoms with van der Waals surface area (Å²) in [5.74, 6) is 1.70. The summed E-state index contributed by atoms with van der Waals surface area (Å²) < 4.78 is 1.15. The lowest BCUT2D eigenvalue weighted by Crippen LogP contribution is -2.50. The first kappa shape index (κ1) is 23.9. The van der Waals surface area contributed by atoms with Crippen LogP contribution < -0.4 is 10.6 Å². The summed E-state index contributed by atoms with van der Waals surface area (Å²) in [6.45, 7) is 6.77. The van der Waals surface area contributed by atoms with Crippen LogP contribution in [0.25, 0.3) is 0 Å². The van der Waals surface area contributed by atoms with Gasteiger partial charge in [-0.15, -0.1) is 24.0 Å². The van der Waals surface area contributed by atoms with E-state index in [0.717, 1.165) is 42.5 Å². The van der Waals surface area contributed by atoms with E-state index in [9.17, 15) is 0 Å². The highest BCUT2D eigenvalue weighted by atomic mass is 127. The molecule has 2 heterocycles.